The van der Waals surface area contributed by atoms with Gasteiger partial charge in [0.05, 0.1) is 4.88 Å². The molecule has 24 heavy (non-hydrogen) atoms. The number of amides is 1. The summed E-state index contributed by atoms with van der Waals surface area (Å²) >= 11 is 1.53. The van der Waals surface area contributed by atoms with Crippen LogP contribution in [0.15, 0.2) is 64.8 Å². The number of carbonyl (C=O) groups excluding carboxylic acids is 1. The molecule has 0 aliphatic rings. The molecule has 2 aromatic heterocycles. The number of aromatic nitrogens is 2. The first-order valence-corrected chi connectivity index (χ1v) is 8.38. The van der Waals surface area contributed by atoms with Gasteiger partial charge in [0, 0.05) is 11.8 Å². The molecule has 0 fully saturated rings. The molecule has 0 unspecified atom stereocenters. The molecule has 1 aromatic carbocycles. The smallest absolute Gasteiger partial charge is 0.267 e. The number of anilines is 1. The lowest BCUT2D eigenvalue weighted by Gasteiger charge is -2.25. The second-order valence-corrected chi connectivity index (χ2v) is 6.77. The highest BCUT2D eigenvalue weighted by molar-refractivity contribution is 7.13. The van der Waals surface area contributed by atoms with Crippen LogP contribution in [0.3, 0.4) is 0 Å². The first-order valence-electron chi connectivity index (χ1n) is 7.50. The molecule has 3 aromatic rings. The second kappa shape index (κ2) is 6.41. The van der Waals surface area contributed by atoms with E-state index >= 15 is 0 Å². The van der Waals surface area contributed by atoms with Crippen molar-refractivity contribution in [3.8, 4) is 10.6 Å². The lowest BCUT2D eigenvalue weighted by atomic mass is 10.0. The summed E-state index contributed by atoms with van der Waals surface area (Å²) in [6.45, 7) is 3.36. The van der Waals surface area contributed by atoms with Crippen LogP contribution in [-0.2, 0) is 10.3 Å². The molecule has 6 heteroatoms. The van der Waals surface area contributed by atoms with E-state index in [0.717, 1.165) is 4.88 Å². The van der Waals surface area contributed by atoms with Crippen molar-refractivity contribution in [2.45, 2.75) is 19.4 Å². The van der Waals surface area contributed by atoms with Crippen molar-refractivity contribution in [2.24, 2.45) is 0 Å². The number of para-hydroxylation sites is 1. The maximum absolute atomic E-state index is 12.7. The predicted octanol–water partition coefficient (Wildman–Crippen LogP) is 3.35. The van der Waals surface area contributed by atoms with E-state index in [1.54, 1.807) is 32.0 Å². The lowest BCUT2D eigenvalue weighted by Crippen LogP contribution is -2.47. The summed E-state index contributed by atoms with van der Waals surface area (Å²) in [5.41, 5.74) is -0.0908. The van der Waals surface area contributed by atoms with Gasteiger partial charge in [0.25, 0.3) is 11.5 Å². The monoisotopic (exact) mass is 339 g/mol. The Hall–Kier alpha value is -2.73. The second-order valence-electron chi connectivity index (χ2n) is 5.83. The molecular formula is C18H17N3O2S. The van der Waals surface area contributed by atoms with E-state index in [9.17, 15) is 9.59 Å². The largest absolute Gasteiger partial charge is 0.324 e. The fourth-order valence-electron chi connectivity index (χ4n) is 2.27. The standard InChI is InChI=1S/C18H17N3O2S/c1-18(2,17(23)19-13-7-4-3-5-8-13)21-16(22)11-10-14(20-21)15-9-6-12-24-15/h3-12H,1-2H3,(H,19,23). The molecule has 0 aliphatic carbocycles. The van der Waals surface area contributed by atoms with Crippen molar-refractivity contribution in [3.05, 3.63) is 70.3 Å². The highest BCUT2D eigenvalue weighted by atomic mass is 32.1. The first-order chi connectivity index (χ1) is 11.5. The van der Waals surface area contributed by atoms with E-state index in [-0.39, 0.29) is 11.5 Å². The molecule has 0 saturated heterocycles. The Morgan fingerprint density at radius 1 is 1.08 bits per heavy atom. The third-order valence-electron chi connectivity index (χ3n) is 3.69. The molecule has 5 nitrogen and oxygen atoms in total. The Bertz CT molecular complexity index is 900. The van der Waals surface area contributed by atoms with Crippen molar-refractivity contribution < 1.29 is 4.79 Å². The van der Waals surface area contributed by atoms with E-state index in [1.807, 2.05) is 35.7 Å². The summed E-state index contributed by atoms with van der Waals surface area (Å²) in [6, 6.07) is 16.1. The number of carbonyl (C=O) groups is 1. The van der Waals surface area contributed by atoms with Crippen molar-refractivity contribution in [1.82, 2.24) is 9.78 Å². The van der Waals surface area contributed by atoms with Crippen LogP contribution in [0.1, 0.15) is 13.8 Å². The van der Waals surface area contributed by atoms with Gasteiger partial charge in [0.15, 0.2) is 0 Å². The zero-order valence-electron chi connectivity index (χ0n) is 13.4. The van der Waals surface area contributed by atoms with Gasteiger partial charge in [-0.3, -0.25) is 9.59 Å². The third kappa shape index (κ3) is 3.14. The molecule has 1 amide bonds. The minimum atomic E-state index is -1.12. The normalized spacial score (nSPS) is 11.2. The number of hydrogen-bond donors (Lipinski definition) is 1. The van der Waals surface area contributed by atoms with Crippen LogP contribution in [0.25, 0.3) is 10.6 Å². The van der Waals surface area contributed by atoms with Gasteiger partial charge in [-0.2, -0.15) is 5.10 Å². The summed E-state index contributed by atoms with van der Waals surface area (Å²) in [5, 5.41) is 9.17. The Morgan fingerprint density at radius 3 is 2.50 bits per heavy atom. The highest BCUT2D eigenvalue weighted by Crippen LogP contribution is 2.23. The van der Waals surface area contributed by atoms with Gasteiger partial charge in [-0.05, 0) is 43.5 Å². The topological polar surface area (TPSA) is 64.0 Å². The molecule has 0 radical (unpaired) electrons. The van der Waals surface area contributed by atoms with Gasteiger partial charge in [-0.1, -0.05) is 24.3 Å². The lowest BCUT2D eigenvalue weighted by molar-refractivity contribution is -0.123. The fourth-order valence-corrected chi connectivity index (χ4v) is 2.96. The van der Waals surface area contributed by atoms with E-state index in [1.165, 1.54) is 22.1 Å². The Balaban J connectivity index is 1.95. The molecule has 2 heterocycles. The zero-order valence-corrected chi connectivity index (χ0v) is 14.2. The molecule has 122 valence electrons. The van der Waals surface area contributed by atoms with Gasteiger partial charge >= 0.3 is 0 Å². The number of benzene rings is 1. The third-order valence-corrected chi connectivity index (χ3v) is 4.58. The number of hydrogen-bond acceptors (Lipinski definition) is 4. The van der Waals surface area contributed by atoms with E-state index in [2.05, 4.69) is 10.4 Å². The van der Waals surface area contributed by atoms with E-state index in [0.29, 0.717) is 11.4 Å². The van der Waals surface area contributed by atoms with Gasteiger partial charge in [-0.15, -0.1) is 11.3 Å². The Labute approximate surface area is 143 Å². The van der Waals surface area contributed by atoms with Crippen molar-refractivity contribution in [1.29, 1.82) is 0 Å². The molecule has 0 bridgehead atoms. The van der Waals surface area contributed by atoms with Gasteiger partial charge in [0.1, 0.15) is 11.2 Å². The zero-order chi connectivity index (χ0) is 17.2. The summed E-state index contributed by atoms with van der Waals surface area (Å²) in [6.07, 6.45) is 0. The van der Waals surface area contributed by atoms with Crippen LogP contribution in [0.4, 0.5) is 5.69 Å². The molecule has 0 saturated carbocycles. The average Bonchev–Trinajstić information content (AvgIpc) is 3.10. The van der Waals surface area contributed by atoms with Crippen LogP contribution in [0, 0.1) is 0 Å². The Kier molecular flexibility index (Phi) is 4.31. The van der Waals surface area contributed by atoms with Crippen LogP contribution in [0.2, 0.25) is 0 Å². The summed E-state index contributed by atoms with van der Waals surface area (Å²) < 4.78 is 1.24. The van der Waals surface area contributed by atoms with Crippen LogP contribution in [-0.4, -0.2) is 15.7 Å². The minimum absolute atomic E-state index is 0.299. The molecule has 3 rings (SSSR count). The summed E-state index contributed by atoms with van der Waals surface area (Å²) in [4.78, 5) is 25.9. The van der Waals surface area contributed by atoms with Crippen LogP contribution >= 0.6 is 11.3 Å². The van der Waals surface area contributed by atoms with Crippen LogP contribution < -0.4 is 10.9 Å². The molecule has 0 aliphatic heterocycles. The highest BCUT2D eigenvalue weighted by Gasteiger charge is 2.32. The van der Waals surface area contributed by atoms with Crippen LogP contribution in [0.5, 0.6) is 0 Å². The molecule has 0 spiro atoms. The number of thiophene rings is 1. The van der Waals surface area contributed by atoms with E-state index in [4.69, 9.17) is 0 Å². The van der Waals surface area contributed by atoms with Crippen molar-refractivity contribution >= 4 is 22.9 Å². The summed E-state index contributed by atoms with van der Waals surface area (Å²) in [5.74, 6) is -0.299. The van der Waals surface area contributed by atoms with Crippen molar-refractivity contribution in [2.75, 3.05) is 5.32 Å². The van der Waals surface area contributed by atoms with Crippen molar-refractivity contribution in [3.63, 3.8) is 0 Å². The molecule has 0 atom stereocenters. The average molecular weight is 339 g/mol. The minimum Gasteiger partial charge on any atom is -0.324 e. The first kappa shape index (κ1) is 16.1. The number of rotatable bonds is 4. The van der Waals surface area contributed by atoms with Gasteiger partial charge in [-0.25, -0.2) is 4.68 Å². The molecule has 1 N–H and O–H groups in total. The quantitative estimate of drug-likeness (QED) is 0.793. The molecular weight excluding hydrogens is 322 g/mol. The SMILES string of the molecule is CC(C)(C(=O)Nc1ccccc1)n1nc(-c2cccs2)ccc1=O. The predicted molar refractivity (Wildman–Crippen MR) is 96.2 cm³/mol. The summed E-state index contributed by atoms with van der Waals surface area (Å²) in [7, 11) is 0. The van der Waals surface area contributed by atoms with E-state index < -0.39 is 5.54 Å². The Morgan fingerprint density at radius 2 is 1.83 bits per heavy atom. The van der Waals surface area contributed by atoms with Gasteiger partial charge in [0.2, 0.25) is 0 Å². The number of nitrogens with one attached hydrogen (secondary N) is 1. The number of nitrogens with zero attached hydrogens (tertiary/aromatic N) is 2. The maximum Gasteiger partial charge on any atom is 0.267 e. The fraction of sp³-hybridized carbons (Fsp3) is 0.167. The maximum atomic E-state index is 12.7. The van der Waals surface area contributed by atoms with Gasteiger partial charge < -0.3 is 5.32 Å².